The van der Waals surface area contributed by atoms with Crippen molar-refractivity contribution in [2.45, 2.75) is 45.7 Å². The van der Waals surface area contributed by atoms with E-state index in [2.05, 4.69) is 5.32 Å². The lowest BCUT2D eigenvalue weighted by molar-refractivity contribution is -0.121. The summed E-state index contributed by atoms with van der Waals surface area (Å²) < 4.78 is 11.5. The highest BCUT2D eigenvalue weighted by Gasteiger charge is 2.16. The number of hydrogen-bond donors (Lipinski definition) is 2. The van der Waals surface area contributed by atoms with Gasteiger partial charge in [0.2, 0.25) is 5.91 Å². The Bertz CT molecular complexity index is 234. The van der Waals surface area contributed by atoms with Crippen molar-refractivity contribution in [1.82, 2.24) is 5.32 Å². The first-order chi connectivity index (χ1) is 6.70. The molecule has 5 heteroatoms. The zero-order valence-electron chi connectivity index (χ0n) is 10.0. The zero-order chi connectivity index (χ0) is 12.1. The molecule has 90 valence electrons. The number of hydrogen-bond acceptors (Lipinski definition) is 3. The monoisotopic (exact) mass is 234 g/mol. The normalized spacial score (nSPS) is 14.0. The van der Waals surface area contributed by atoms with Crippen LogP contribution in [0.1, 0.15) is 34.1 Å². The van der Waals surface area contributed by atoms with Crippen molar-refractivity contribution in [1.29, 1.82) is 0 Å². The summed E-state index contributed by atoms with van der Waals surface area (Å²) in [6, 6.07) is 0.136. The lowest BCUT2D eigenvalue weighted by Crippen LogP contribution is -2.39. The van der Waals surface area contributed by atoms with Gasteiger partial charge in [0.25, 0.3) is 0 Å². The summed E-state index contributed by atoms with van der Waals surface area (Å²) in [5, 5.41) is 2.76. The first-order valence-corrected chi connectivity index (χ1v) is 6.63. The number of carbonyl (C=O) groups is 1. The first kappa shape index (κ1) is 14.6. The number of nitrogens with two attached hydrogens (primary N) is 1. The Kier molecular flexibility index (Phi) is 6.05. The van der Waals surface area contributed by atoms with Crippen molar-refractivity contribution in [3.05, 3.63) is 0 Å². The van der Waals surface area contributed by atoms with Crippen LogP contribution in [0.5, 0.6) is 0 Å². The highest BCUT2D eigenvalue weighted by Crippen LogP contribution is 2.01. The molecule has 0 radical (unpaired) electrons. The second-order valence-corrected chi connectivity index (χ2v) is 6.33. The van der Waals surface area contributed by atoms with Crippen molar-refractivity contribution in [3.63, 3.8) is 0 Å². The van der Waals surface area contributed by atoms with Crippen molar-refractivity contribution in [2.24, 2.45) is 5.73 Å². The molecule has 1 unspecified atom stereocenters. The number of amides is 1. The van der Waals surface area contributed by atoms with E-state index < -0.39 is 16.3 Å². The van der Waals surface area contributed by atoms with Crippen LogP contribution in [0.3, 0.4) is 0 Å². The smallest absolute Gasteiger partial charge is 0.221 e. The minimum atomic E-state index is -1.01. The maximum atomic E-state index is 11.5. The van der Waals surface area contributed by atoms with E-state index in [1.807, 2.05) is 27.7 Å². The minimum absolute atomic E-state index is 0.0480. The van der Waals surface area contributed by atoms with E-state index in [-0.39, 0.29) is 11.9 Å². The van der Waals surface area contributed by atoms with Crippen LogP contribution in [-0.2, 0) is 15.6 Å². The van der Waals surface area contributed by atoms with E-state index >= 15 is 0 Å². The third kappa shape index (κ3) is 9.87. The summed E-state index contributed by atoms with van der Waals surface area (Å²) in [4.78, 5) is 11.2. The fraction of sp³-hybridized carbons (Fsp3) is 0.900. The molecule has 0 heterocycles. The van der Waals surface area contributed by atoms with Crippen LogP contribution in [0.25, 0.3) is 0 Å². The molecule has 0 aliphatic carbocycles. The van der Waals surface area contributed by atoms with Gasteiger partial charge in [0.1, 0.15) is 0 Å². The molecular formula is C10H22N2O2S. The Morgan fingerprint density at radius 3 is 2.40 bits per heavy atom. The van der Waals surface area contributed by atoms with Gasteiger partial charge in [-0.3, -0.25) is 9.00 Å². The van der Waals surface area contributed by atoms with E-state index in [0.29, 0.717) is 17.9 Å². The fourth-order valence-electron chi connectivity index (χ4n) is 1.09. The van der Waals surface area contributed by atoms with Gasteiger partial charge < -0.3 is 11.1 Å². The van der Waals surface area contributed by atoms with Gasteiger partial charge in [-0.1, -0.05) is 0 Å². The van der Waals surface area contributed by atoms with Gasteiger partial charge in [-0.2, -0.15) is 0 Å². The summed E-state index contributed by atoms with van der Waals surface area (Å²) in [6.07, 6.45) is 0.306. The number of carbonyl (C=O) groups excluding carboxylic acids is 1. The maximum absolute atomic E-state index is 11.5. The molecule has 1 atom stereocenters. The first-order valence-electron chi connectivity index (χ1n) is 5.14. The number of nitrogens with one attached hydrogen (secondary N) is 1. The molecule has 0 aliphatic rings. The molecule has 0 aromatic carbocycles. The Hall–Kier alpha value is -0.420. The molecule has 3 N–H and O–H groups in total. The van der Waals surface area contributed by atoms with Gasteiger partial charge in [-0.25, -0.2) is 0 Å². The SMILES string of the molecule is CC(C)NC(=O)CCS(=O)CC(C)(C)N. The zero-order valence-corrected chi connectivity index (χ0v) is 10.8. The molecule has 0 saturated heterocycles. The highest BCUT2D eigenvalue weighted by molar-refractivity contribution is 7.85. The molecule has 4 nitrogen and oxygen atoms in total. The molecule has 0 aromatic heterocycles. The van der Waals surface area contributed by atoms with Gasteiger partial charge in [0.05, 0.1) is 0 Å². The van der Waals surface area contributed by atoms with Crippen LogP contribution in [0.2, 0.25) is 0 Å². The van der Waals surface area contributed by atoms with E-state index in [1.165, 1.54) is 0 Å². The van der Waals surface area contributed by atoms with Gasteiger partial charge in [0.15, 0.2) is 0 Å². The average molecular weight is 234 g/mol. The third-order valence-electron chi connectivity index (χ3n) is 1.54. The van der Waals surface area contributed by atoms with Crippen LogP contribution in [0.4, 0.5) is 0 Å². The predicted molar refractivity (Wildman–Crippen MR) is 64.0 cm³/mol. The molecule has 1 amide bonds. The highest BCUT2D eigenvalue weighted by atomic mass is 32.2. The van der Waals surface area contributed by atoms with E-state index in [1.54, 1.807) is 0 Å². The fourth-order valence-corrected chi connectivity index (χ4v) is 2.48. The molecule has 0 aromatic rings. The molecular weight excluding hydrogens is 212 g/mol. The van der Waals surface area contributed by atoms with Gasteiger partial charge in [-0.05, 0) is 27.7 Å². The van der Waals surface area contributed by atoms with Crippen molar-refractivity contribution in [2.75, 3.05) is 11.5 Å². The predicted octanol–water partition coefficient (Wildman–Crippen LogP) is 0.387. The minimum Gasteiger partial charge on any atom is -0.354 e. The Morgan fingerprint density at radius 1 is 1.47 bits per heavy atom. The Balaban J connectivity index is 3.77. The van der Waals surface area contributed by atoms with Crippen molar-refractivity contribution in [3.8, 4) is 0 Å². The van der Waals surface area contributed by atoms with Crippen LogP contribution in [0.15, 0.2) is 0 Å². The van der Waals surface area contributed by atoms with E-state index in [0.717, 1.165) is 0 Å². The lowest BCUT2D eigenvalue weighted by Gasteiger charge is -2.17. The van der Waals surface area contributed by atoms with Gasteiger partial charge in [-0.15, -0.1) is 0 Å². The molecule has 0 rings (SSSR count). The van der Waals surface area contributed by atoms with E-state index in [9.17, 15) is 9.00 Å². The van der Waals surface area contributed by atoms with Gasteiger partial charge >= 0.3 is 0 Å². The maximum Gasteiger partial charge on any atom is 0.221 e. The van der Waals surface area contributed by atoms with Crippen LogP contribution >= 0.6 is 0 Å². The number of rotatable bonds is 6. The quantitative estimate of drug-likeness (QED) is 0.698. The van der Waals surface area contributed by atoms with Crippen LogP contribution in [-0.4, -0.2) is 33.2 Å². The average Bonchev–Trinajstić information content (AvgIpc) is 1.96. The summed E-state index contributed by atoms with van der Waals surface area (Å²) in [7, 11) is -1.01. The molecule has 0 saturated carbocycles. The van der Waals surface area contributed by atoms with Gasteiger partial charge in [0, 0.05) is 40.3 Å². The molecule has 0 fully saturated rings. The Labute approximate surface area is 94.4 Å². The topological polar surface area (TPSA) is 72.2 Å². The summed E-state index contributed by atoms with van der Waals surface area (Å²) in [5.41, 5.74) is 5.30. The summed E-state index contributed by atoms with van der Waals surface area (Å²) in [6.45, 7) is 7.47. The largest absolute Gasteiger partial charge is 0.354 e. The standard InChI is InChI=1S/C10H22N2O2S/c1-8(2)12-9(13)5-6-15(14)7-10(3,4)11/h8H,5-7,11H2,1-4H3,(H,12,13). The van der Waals surface area contributed by atoms with E-state index in [4.69, 9.17) is 5.73 Å². The third-order valence-corrected chi connectivity index (χ3v) is 3.26. The lowest BCUT2D eigenvalue weighted by atomic mass is 10.1. The molecule has 0 aliphatic heterocycles. The van der Waals surface area contributed by atoms with Crippen molar-refractivity contribution >= 4 is 16.7 Å². The second kappa shape index (κ2) is 6.23. The summed E-state index contributed by atoms with van der Waals surface area (Å²) in [5.74, 6) is 0.773. The molecule has 0 bridgehead atoms. The Morgan fingerprint density at radius 2 is 2.00 bits per heavy atom. The molecule has 0 spiro atoms. The van der Waals surface area contributed by atoms with Crippen LogP contribution in [0, 0.1) is 0 Å². The summed E-state index contributed by atoms with van der Waals surface area (Å²) >= 11 is 0. The van der Waals surface area contributed by atoms with Crippen molar-refractivity contribution < 1.29 is 9.00 Å². The van der Waals surface area contributed by atoms with Crippen LogP contribution < -0.4 is 11.1 Å². The molecule has 15 heavy (non-hydrogen) atoms. The second-order valence-electron chi connectivity index (χ2n) is 4.75.